The molecule has 0 bridgehead atoms. The van der Waals surface area contributed by atoms with Crippen LogP contribution in [0.1, 0.15) is 0 Å². The van der Waals surface area contributed by atoms with E-state index in [1.165, 1.54) is 24.4 Å². The summed E-state index contributed by atoms with van der Waals surface area (Å²) in [6.07, 6.45) is 6.27. The Hall–Kier alpha value is -3.07. The summed E-state index contributed by atoms with van der Waals surface area (Å²) < 4.78 is 0. The van der Waals surface area contributed by atoms with E-state index in [9.17, 15) is 0 Å². The quantitative estimate of drug-likeness (QED) is 0.590. The standard InChI is InChI=1S/C14H10N8S/c1-2-4-10-9(3-1)13(17-7-16-10)21-11-5-15-6-12(20-11)23-14-18-8-19-22-14/h1-8H,(H,18,19,22)(H,16,17,20,21). The third-order valence-electron chi connectivity index (χ3n) is 3.00. The summed E-state index contributed by atoms with van der Waals surface area (Å²) in [6, 6.07) is 7.77. The van der Waals surface area contributed by atoms with Crippen LogP contribution in [0.15, 0.2) is 59.5 Å². The van der Waals surface area contributed by atoms with Gasteiger partial charge in [-0.25, -0.2) is 19.9 Å². The number of anilines is 2. The largest absolute Gasteiger partial charge is 0.323 e. The molecule has 23 heavy (non-hydrogen) atoms. The molecule has 8 nitrogen and oxygen atoms in total. The minimum atomic E-state index is 0.596. The maximum Gasteiger partial charge on any atom is 0.189 e. The van der Waals surface area contributed by atoms with Gasteiger partial charge in [-0.3, -0.25) is 10.1 Å². The number of aromatic amines is 1. The second kappa shape index (κ2) is 5.97. The number of para-hydroxylation sites is 1. The molecule has 0 unspecified atom stereocenters. The molecule has 112 valence electrons. The Balaban J connectivity index is 1.63. The van der Waals surface area contributed by atoms with Crippen LogP contribution >= 0.6 is 11.8 Å². The number of fused-ring (bicyclic) bond motifs is 1. The number of aromatic nitrogens is 7. The molecule has 1 aromatic carbocycles. The summed E-state index contributed by atoms with van der Waals surface area (Å²) >= 11 is 1.35. The number of benzene rings is 1. The van der Waals surface area contributed by atoms with Gasteiger partial charge in [0.1, 0.15) is 23.5 Å². The topological polar surface area (TPSA) is 105 Å². The zero-order valence-electron chi connectivity index (χ0n) is 11.7. The molecule has 0 aliphatic rings. The van der Waals surface area contributed by atoms with Gasteiger partial charge >= 0.3 is 0 Å². The highest BCUT2D eigenvalue weighted by Crippen LogP contribution is 2.25. The Morgan fingerprint density at radius 1 is 1.00 bits per heavy atom. The molecule has 0 saturated heterocycles. The zero-order chi connectivity index (χ0) is 15.5. The van der Waals surface area contributed by atoms with Gasteiger partial charge < -0.3 is 5.32 Å². The zero-order valence-corrected chi connectivity index (χ0v) is 12.5. The average molecular weight is 322 g/mol. The fraction of sp³-hybridized carbons (Fsp3) is 0. The van der Waals surface area contributed by atoms with E-state index in [4.69, 9.17) is 0 Å². The number of hydrogen-bond donors (Lipinski definition) is 2. The minimum absolute atomic E-state index is 0.596. The van der Waals surface area contributed by atoms with Crippen molar-refractivity contribution in [2.75, 3.05) is 5.32 Å². The monoisotopic (exact) mass is 322 g/mol. The molecule has 2 N–H and O–H groups in total. The van der Waals surface area contributed by atoms with Crippen LogP contribution in [0, 0.1) is 0 Å². The molecule has 0 amide bonds. The van der Waals surface area contributed by atoms with E-state index in [1.807, 2.05) is 24.3 Å². The van der Waals surface area contributed by atoms with E-state index in [2.05, 4.69) is 40.4 Å². The van der Waals surface area contributed by atoms with Gasteiger partial charge in [-0.05, 0) is 23.9 Å². The fourth-order valence-corrected chi connectivity index (χ4v) is 2.68. The lowest BCUT2D eigenvalue weighted by Crippen LogP contribution is -1.99. The lowest BCUT2D eigenvalue weighted by Gasteiger charge is -2.07. The van der Waals surface area contributed by atoms with Crippen molar-refractivity contribution < 1.29 is 0 Å². The Labute approximate surface area is 134 Å². The van der Waals surface area contributed by atoms with Crippen molar-refractivity contribution in [2.45, 2.75) is 10.2 Å². The van der Waals surface area contributed by atoms with Gasteiger partial charge in [-0.15, -0.1) is 0 Å². The van der Waals surface area contributed by atoms with E-state index in [-0.39, 0.29) is 0 Å². The van der Waals surface area contributed by atoms with Crippen molar-refractivity contribution >= 4 is 34.3 Å². The Kier molecular flexibility index (Phi) is 3.53. The van der Waals surface area contributed by atoms with Crippen molar-refractivity contribution in [3.8, 4) is 0 Å². The Morgan fingerprint density at radius 3 is 2.87 bits per heavy atom. The van der Waals surface area contributed by atoms with Gasteiger partial charge in [0.2, 0.25) is 0 Å². The molecular formula is C14H10N8S. The highest BCUT2D eigenvalue weighted by molar-refractivity contribution is 7.99. The first kappa shape index (κ1) is 13.6. The predicted octanol–water partition coefficient (Wildman–Crippen LogP) is 2.43. The van der Waals surface area contributed by atoms with E-state index in [1.54, 1.807) is 12.4 Å². The minimum Gasteiger partial charge on any atom is -0.323 e. The summed E-state index contributed by atoms with van der Waals surface area (Å²) in [5.41, 5.74) is 0.866. The van der Waals surface area contributed by atoms with Crippen LogP contribution in [0.25, 0.3) is 10.9 Å². The lowest BCUT2D eigenvalue weighted by atomic mass is 10.2. The van der Waals surface area contributed by atoms with Crippen molar-refractivity contribution in [2.24, 2.45) is 0 Å². The summed E-state index contributed by atoms with van der Waals surface area (Å²) in [4.78, 5) is 21.3. The van der Waals surface area contributed by atoms with Crippen LogP contribution in [0.5, 0.6) is 0 Å². The predicted molar refractivity (Wildman–Crippen MR) is 85.4 cm³/mol. The van der Waals surface area contributed by atoms with Crippen LogP contribution in [0.2, 0.25) is 0 Å². The van der Waals surface area contributed by atoms with Crippen molar-refractivity contribution in [3.05, 3.63) is 49.3 Å². The molecule has 4 rings (SSSR count). The van der Waals surface area contributed by atoms with Gasteiger partial charge in [0.05, 0.1) is 17.9 Å². The smallest absolute Gasteiger partial charge is 0.189 e. The van der Waals surface area contributed by atoms with E-state index >= 15 is 0 Å². The average Bonchev–Trinajstić information content (AvgIpc) is 3.09. The normalized spacial score (nSPS) is 10.8. The Bertz CT molecular complexity index is 935. The maximum absolute atomic E-state index is 4.49. The van der Waals surface area contributed by atoms with Crippen molar-refractivity contribution in [1.82, 2.24) is 35.1 Å². The van der Waals surface area contributed by atoms with Crippen molar-refractivity contribution in [3.63, 3.8) is 0 Å². The molecule has 4 aromatic rings. The maximum atomic E-state index is 4.49. The summed E-state index contributed by atoms with van der Waals surface area (Å²) in [7, 11) is 0. The third-order valence-corrected chi connectivity index (χ3v) is 3.79. The van der Waals surface area contributed by atoms with Crippen LogP contribution in [0.4, 0.5) is 11.6 Å². The summed E-state index contributed by atoms with van der Waals surface area (Å²) in [5.74, 6) is 1.28. The van der Waals surface area contributed by atoms with E-state index < -0.39 is 0 Å². The third kappa shape index (κ3) is 2.94. The Morgan fingerprint density at radius 2 is 1.96 bits per heavy atom. The van der Waals surface area contributed by atoms with Gasteiger partial charge in [-0.2, -0.15) is 5.10 Å². The number of nitrogens with one attached hydrogen (secondary N) is 2. The number of nitrogens with zero attached hydrogens (tertiary/aromatic N) is 6. The van der Waals surface area contributed by atoms with E-state index in [0.29, 0.717) is 21.8 Å². The molecule has 0 fully saturated rings. The first-order valence-corrected chi connectivity index (χ1v) is 7.52. The number of H-pyrrole nitrogens is 1. The highest BCUT2D eigenvalue weighted by atomic mass is 32.2. The van der Waals surface area contributed by atoms with Gasteiger partial charge in [0, 0.05) is 5.39 Å². The lowest BCUT2D eigenvalue weighted by molar-refractivity contribution is 0.963. The molecule has 0 radical (unpaired) electrons. The molecule has 0 atom stereocenters. The highest BCUT2D eigenvalue weighted by Gasteiger charge is 2.07. The SMILES string of the molecule is c1ccc2c(Nc3cncc(Sc4ncn[nH]4)n3)ncnc2c1. The molecule has 0 aliphatic carbocycles. The van der Waals surface area contributed by atoms with E-state index in [0.717, 1.165) is 10.9 Å². The molecular weight excluding hydrogens is 312 g/mol. The second-order valence-electron chi connectivity index (χ2n) is 4.50. The first-order valence-electron chi connectivity index (χ1n) is 6.70. The summed E-state index contributed by atoms with van der Waals surface area (Å²) in [5, 5.41) is 12.0. The molecule has 3 aromatic heterocycles. The van der Waals surface area contributed by atoms with Crippen LogP contribution in [0.3, 0.4) is 0 Å². The van der Waals surface area contributed by atoms with Crippen LogP contribution in [-0.2, 0) is 0 Å². The molecule has 9 heteroatoms. The number of rotatable bonds is 4. The number of hydrogen-bond acceptors (Lipinski definition) is 8. The van der Waals surface area contributed by atoms with Gasteiger partial charge in [0.15, 0.2) is 11.0 Å². The fourth-order valence-electron chi connectivity index (χ4n) is 2.03. The second-order valence-corrected chi connectivity index (χ2v) is 5.51. The summed E-state index contributed by atoms with van der Waals surface area (Å²) in [6.45, 7) is 0. The van der Waals surface area contributed by atoms with Crippen molar-refractivity contribution in [1.29, 1.82) is 0 Å². The molecule has 0 spiro atoms. The first-order chi connectivity index (χ1) is 11.4. The molecule has 0 aliphatic heterocycles. The van der Waals surface area contributed by atoms with Crippen LogP contribution < -0.4 is 5.32 Å². The van der Waals surface area contributed by atoms with Crippen LogP contribution in [-0.4, -0.2) is 35.1 Å². The molecule has 3 heterocycles. The molecule has 0 saturated carbocycles. The van der Waals surface area contributed by atoms with Gasteiger partial charge in [-0.1, -0.05) is 12.1 Å². The van der Waals surface area contributed by atoms with Gasteiger partial charge in [0.25, 0.3) is 0 Å².